The lowest BCUT2D eigenvalue weighted by Crippen LogP contribution is -2.30. The summed E-state index contributed by atoms with van der Waals surface area (Å²) in [6.07, 6.45) is 3.10. The lowest BCUT2D eigenvalue weighted by Gasteiger charge is -2.18. The van der Waals surface area contributed by atoms with Gasteiger partial charge in [-0.15, -0.1) is 0 Å². The number of halogens is 1. The minimum Gasteiger partial charge on any atom is -0.382 e. The van der Waals surface area contributed by atoms with E-state index in [1.54, 1.807) is 23.2 Å². The molecule has 0 saturated heterocycles. The fourth-order valence-corrected chi connectivity index (χ4v) is 4.66. The van der Waals surface area contributed by atoms with E-state index in [1.165, 1.54) is 0 Å². The quantitative estimate of drug-likeness (QED) is 0.517. The number of fused-ring (bicyclic) bond motifs is 2. The highest BCUT2D eigenvalue weighted by molar-refractivity contribution is 5.97. The maximum absolute atomic E-state index is 15.8. The molecule has 0 radical (unpaired) electrons. The Balaban J connectivity index is 1.54. The zero-order valence-electron chi connectivity index (χ0n) is 18.9. The zero-order chi connectivity index (χ0) is 23.3. The lowest BCUT2D eigenvalue weighted by molar-refractivity contribution is -0.117. The van der Waals surface area contributed by atoms with Gasteiger partial charge in [-0.1, -0.05) is 13.0 Å². The van der Waals surface area contributed by atoms with Crippen LogP contribution in [0.1, 0.15) is 35.4 Å². The van der Waals surface area contributed by atoms with E-state index in [-0.39, 0.29) is 18.1 Å². The van der Waals surface area contributed by atoms with E-state index in [9.17, 15) is 4.79 Å². The number of imidazole rings is 1. The van der Waals surface area contributed by atoms with Crippen LogP contribution in [0.2, 0.25) is 0 Å². The molecule has 0 saturated carbocycles. The average molecular weight is 445 g/mol. The molecular weight excluding hydrogens is 419 g/mol. The van der Waals surface area contributed by atoms with Crippen LogP contribution in [0.4, 0.5) is 15.9 Å². The van der Waals surface area contributed by atoms with Crippen LogP contribution in [-0.4, -0.2) is 31.8 Å². The van der Waals surface area contributed by atoms with Gasteiger partial charge in [0.25, 0.3) is 0 Å². The third-order valence-corrected chi connectivity index (χ3v) is 6.22. The Kier molecular flexibility index (Phi) is 5.08. The zero-order valence-corrected chi connectivity index (χ0v) is 18.9. The number of hydrogen-bond donors (Lipinski definition) is 1. The Morgan fingerprint density at radius 3 is 2.76 bits per heavy atom. The van der Waals surface area contributed by atoms with E-state index in [4.69, 9.17) is 5.73 Å². The summed E-state index contributed by atoms with van der Waals surface area (Å²) < 4.78 is 17.7. The van der Waals surface area contributed by atoms with Crippen molar-refractivity contribution in [3.63, 3.8) is 0 Å². The highest BCUT2D eigenvalue weighted by Gasteiger charge is 2.30. The Bertz CT molecular complexity index is 1410. The number of nitrogens with zero attached hydrogens (tertiary/aromatic N) is 5. The van der Waals surface area contributed by atoms with Gasteiger partial charge in [0.15, 0.2) is 0 Å². The summed E-state index contributed by atoms with van der Waals surface area (Å²) in [5, 5.41) is 0. The first kappa shape index (κ1) is 21.1. The van der Waals surface area contributed by atoms with Gasteiger partial charge >= 0.3 is 0 Å². The molecule has 1 aliphatic heterocycles. The number of pyridine rings is 1. The Labute approximate surface area is 191 Å². The second-order valence-electron chi connectivity index (χ2n) is 8.35. The highest BCUT2D eigenvalue weighted by atomic mass is 19.1. The molecule has 0 spiro atoms. The van der Waals surface area contributed by atoms with Crippen LogP contribution in [0.3, 0.4) is 0 Å². The number of benzene rings is 1. The first-order valence-electron chi connectivity index (χ1n) is 11.1. The summed E-state index contributed by atoms with van der Waals surface area (Å²) in [4.78, 5) is 28.0. The van der Waals surface area contributed by atoms with Crippen molar-refractivity contribution in [2.45, 2.75) is 40.0 Å². The Morgan fingerprint density at radius 2 is 2.00 bits per heavy atom. The van der Waals surface area contributed by atoms with Crippen molar-refractivity contribution < 1.29 is 9.18 Å². The van der Waals surface area contributed by atoms with Gasteiger partial charge in [-0.05, 0) is 51.0 Å². The lowest BCUT2D eigenvalue weighted by atomic mass is 10.0. The molecule has 0 aliphatic carbocycles. The summed E-state index contributed by atoms with van der Waals surface area (Å²) >= 11 is 0. The third kappa shape index (κ3) is 3.42. The van der Waals surface area contributed by atoms with Crippen LogP contribution in [-0.2, 0) is 24.1 Å². The van der Waals surface area contributed by atoms with Crippen LogP contribution < -0.4 is 10.6 Å². The second-order valence-corrected chi connectivity index (χ2v) is 8.35. The monoisotopic (exact) mass is 444 g/mol. The predicted molar refractivity (Wildman–Crippen MR) is 126 cm³/mol. The number of aromatic nitrogens is 4. The molecule has 7 nitrogen and oxygen atoms in total. The number of aryl methyl sites for hydroxylation is 3. The van der Waals surface area contributed by atoms with Gasteiger partial charge in [0.05, 0.1) is 6.42 Å². The number of amides is 1. The first-order chi connectivity index (χ1) is 15.9. The molecule has 1 aromatic carbocycles. The molecule has 8 heteroatoms. The minimum atomic E-state index is -0.363. The number of carbonyl (C=O) groups excluding carboxylic acids is 1. The van der Waals surface area contributed by atoms with Gasteiger partial charge in [-0.2, -0.15) is 0 Å². The van der Waals surface area contributed by atoms with Gasteiger partial charge in [0.1, 0.15) is 28.7 Å². The van der Waals surface area contributed by atoms with Gasteiger partial charge < -0.3 is 10.6 Å². The van der Waals surface area contributed by atoms with E-state index >= 15 is 4.39 Å². The fourth-order valence-electron chi connectivity index (χ4n) is 4.66. The topological polar surface area (TPSA) is 89.4 Å². The predicted octanol–water partition coefficient (Wildman–Crippen LogP) is 3.82. The summed E-state index contributed by atoms with van der Waals surface area (Å²) in [6, 6.07) is 9.10. The van der Waals surface area contributed by atoms with Gasteiger partial charge in [0, 0.05) is 46.6 Å². The largest absolute Gasteiger partial charge is 0.382 e. The average Bonchev–Trinajstić information content (AvgIpc) is 3.37. The SMILES string of the molecule is CCc1cnc(N)c2c(-c3ccc4c(c3F)CCN4C(=O)Cc3cccc(C)n3)nc(C)n12. The molecule has 33 heavy (non-hydrogen) atoms. The number of nitrogens with two attached hydrogens (primary N) is 1. The van der Waals surface area contributed by atoms with Crippen LogP contribution >= 0.6 is 0 Å². The third-order valence-electron chi connectivity index (χ3n) is 6.22. The molecule has 1 amide bonds. The fraction of sp³-hybridized carbons (Fsp3) is 0.280. The number of anilines is 2. The molecular formula is C25H25FN6O. The standard InChI is InChI=1S/C25H25FN6O/c1-4-17-13-28-25(27)24-23(30-15(3)32(17)24)19-8-9-20-18(22(19)26)10-11-31(20)21(33)12-16-7-5-6-14(2)29-16/h5-9,13H,4,10-12H2,1-3H3,(H2,27,28). The molecule has 0 fully saturated rings. The Hall–Kier alpha value is -3.81. The van der Waals surface area contributed by atoms with Crippen molar-refractivity contribution in [1.29, 1.82) is 0 Å². The maximum Gasteiger partial charge on any atom is 0.233 e. The highest BCUT2D eigenvalue weighted by Crippen LogP contribution is 2.38. The molecule has 0 unspecified atom stereocenters. The van der Waals surface area contributed by atoms with Crippen LogP contribution in [0.25, 0.3) is 16.8 Å². The number of rotatable bonds is 4. The summed E-state index contributed by atoms with van der Waals surface area (Å²) in [5.41, 5.74) is 11.3. The molecule has 168 valence electrons. The van der Waals surface area contributed by atoms with Crippen LogP contribution in [0.15, 0.2) is 36.5 Å². The smallest absolute Gasteiger partial charge is 0.233 e. The van der Waals surface area contributed by atoms with E-state index in [2.05, 4.69) is 15.0 Å². The van der Waals surface area contributed by atoms with E-state index < -0.39 is 0 Å². The van der Waals surface area contributed by atoms with Crippen molar-refractivity contribution in [3.05, 3.63) is 70.8 Å². The number of nitrogen functional groups attached to an aromatic ring is 1. The van der Waals surface area contributed by atoms with Gasteiger partial charge in [0.2, 0.25) is 5.91 Å². The van der Waals surface area contributed by atoms with Crippen LogP contribution in [0, 0.1) is 19.7 Å². The number of carbonyl (C=O) groups is 1. The molecule has 2 N–H and O–H groups in total. The molecule has 5 rings (SSSR count). The van der Waals surface area contributed by atoms with Crippen molar-refractivity contribution >= 4 is 22.9 Å². The summed E-state index contributed by atoms with van der Waals surface area (Å²) in [6.45, 7) is 6.23. The Morgan fingerprint density at radius 1 is 1.18 bits per heavy atom. The van der Waals surface area contributed by atoms with Gasteiger partial charge in [-0.3, -0.25) is 14.2 Å². The summed E-state index contributed by atoms with van der Waals surface area (Å²) in [7, 11) is 0. The van der Waals surface area contributed by atoms with Crippen molar-refractivity contribution in [2.24, 2.45) is 0 Å². The minimum absolute atomic E-state index is 0.0942. The van der Waals surface area contributed by atoms with Crippen molar-refractivity contribution in [3.8, 4) is 11.3 Å². The maximum atomic E-state index is 15.8. The van der Waals surface area contributed by atoms with E-state index in [1.807, 2.05) is 43.4 Å². The molecule has 0 bridgehead atoms. The first-order valence-corrected chi connectivity index (χ1v) is 11.1. The second kappa shape index (κ2) is 7.95. The van der Waals surface area contributed by atoms with Gasteiger partial charge in [-0.25, -0.2) is 14.4 Å². The molecule has 1 aliphatic rings. The molecule has 0 atom stereocenters. The molecule has 4 aromatic rings. The molecule has 4 heterocycles. The summed E-state index contributed by atoms with van der Waals surface area (Å²) in [5.74, 6) is 0.583. The van der Waals surface area contributed by atoms with Crippen molar-refractivity contribution in [1.82, 2.24) is 19.4 Å². The van der Waals surface area contributed by atoms with E-state index in [0.29, 0.717) is 52.5 Å². The molecule has 3 aromatic heterocycles. The normalized spacial score (nSPS) is 13.0. The van der Waals surface area contributed by atoms with Crippen molar-refractivity contribution in [2.75, 3.05) is 17.2 Å². The van der Waals surface area contributed by atoms with E-state index in [0.717, 1.165) is 23.6 Å². The van der Waals surface area contributed by atoms with Crippen LogP contribution in [0.5, 0.6) is 0 Å². The number of hydrogen-bond acceptors (Lipinski definition) is 5.